The molecule has 0 saturated carbocycles. The van der Waals surface area contributed by atoms with Gasteiger partial charge in [0, 0.05) is 41.3 Å². The second kappa shape index (κ2) is 9.72. The van der Waals surface area contributed by atoms with Crippen molar-refractivity contribution in [2.24, 2.45) is 0 Å². The highest BCUT2D eigenvalue weighted by molar-refractivity contribution is 5.65. The number of fused-ring (bicyclic) bond motifs is 2. The van der Waals surface area contributed by atoms with E-state index in [4.69, 9.17) is 9.47 Å². The zero-order valence-electron chi connectivity index (χ0n) is 21.6. The fraction of sp³-hybridized carbons (Fsp3) is 0.200. The van der Waals surface area contributed by atoms with E-state index in [1.54, 1.807) is 0 Å². The maximum atomic E-state index is 11.8. The van der Waals surface area contributed by atoms with Gasteiger partial charge in [0.15, 0.2) is 29.1 Å². The third kappa shape index (κ3) is 4.24. The van der Waals surface area contributed by atoms with Crippen LogP contribution in [0.15, 0.2) is 54.6 Å². The minimum Gasteiger partial charge on any atom is -0.508 e. The van der Waals surface area contributed by atoms with E-state index >= 15 is 0 Å². The summed E-state index contributed by atoms with van der Waals surface area (Å²) in [4.78, 5) is 0. The number of hydrogen-bond donors (Lipinski definition) is 10. The van der Waals surface area contributed by atoms with E-state index < -0.39 is 70.6 Å². The van der Waals surface area contributed by atoms with Crippen molar-refractivity contribution >= 4 is 0 Å². The zero-order chi connectivity index (χ0) is 30.0. The molecule has 4 aromatic rings. The predicted octanol–water partition coefficient (Wildman–Crippen LogP) is 3.00. The van der Waals surface area contributed by atoms with Gasteiger partial charge in [0.05, 0.1) is 12.0 Å². The molecule has 12 heteroatoms. The molecule has 0 spiro atoms. The molecule has 0 aliphatic carbocycles. The van der Waals surface area contributed by atoms with Crippen LogP contribution in [0, 0.1) is 0 Å². The summed E-state index contributed by atoms with van der Waals surface area (Å²) in [5.74, 6) is -5.08. The smallest absolute Gasteiger partial charge is 0.157 e. The summed E-state index contributed by atoms with van der Waals surface area (Å²) < 4.78 is 12.1. The lowest BCUT2D eigenvalue weighted by molar-refractivity contribution is 0.00115. The van der Waals surface area contributed by atoms with Gasteiger partial charge < -0.3 is 60.5 Å². The molecule has 0 amide bonds. The van der Waals surface area contributed by atoms with E-state index in [0.29, 0.717) is 0 Å². The molecule has 2 aliphatic rings. The minimum absolute atomic E-state index is 0.0312. The Morgan fingerprint density at radius 3 is 1.76 bits per heavy atom. The van der Waals surface area contributed by atoms with Gasteiger partial charge in [-0.1, -0.05) is 12.1 Å². The quantitative estimate of drug-likeness (QED) is 0.159. The molecule has 6 rings (SSSR count). The molecule has 0 saturated heterocycles. The van der Waals surface area contributed by atoms with Gasteiger partial charge in [-0.15, -0.1) is 0 Å². The highest BCUT2D eigenvalue weighted by Crippen LogP contribution is 2.57. The SMILES string of the molecule is Oc1cc(O)c2c(c1)O[C@H](c1ccc(O)c(O)c1)C(O)[C@@H]2c1c(O)cc(O)c2c1O[C@H](c1ccc(O)c(O)c1)[C@@H](O)C2. The standard InChI is InChI=1S/C30H26O12/c31-13-7-20(37)24-23(8-13)41-29(12-2-4-16(33)19(36)6-12)27(40)26(24)25-21(38)10-17(34)14-9-22(39)28(42-30(14)25)11-1-3-15(32)18(35)5-11/h1-8,10,22,26-29,31-40H,9H2/t22-,26-,27?,28+,29+/m0/s1. The van der Waals surface area contributed by atoms with E-state index in [-0.39, 0.29) is 51.5 Å². The topological polar surface area (TPSA) is 221 Å². The Kier molecular flexibility index (Phi) is 6.24. The Hall–Kier alpha value is -5.20. The predicted molar refractivity (Wildman–Crippen MR) is 143 cm³/mol. The number of phenols is 8. The Balaban J connectivity index is 1.55. The summed E-state index contributed by atoms with van der Waals surface area (Å²) in [6.45, 7) is 0. The molecule has 4 aromatic carbocycles. The lowest BCUT2D eigenvalue weighted by Crippen LogP contribution is -2.36. The second-order valence-electron chi connectivity index (χ2n) is 10.3. The molecule has 42 heavy (non-hydrogen) atoms. The van der Waals surface area contributed by atoms with Crippen molar-refractivity contribution in [2.45, 2.75) is 36.8 Å². The molecule has 5 atom stereocenters. The number of aliphatic hydroxyl groups excluding tert-OH is 2. The second-order valence-corrected chi connectivity index (χ2v) is 10.3. The largest absolute Gasteiger partial charge is 0.508 e. The van der Waals surface area contributed by atoms with Crippen LogP contribution >= 0.6 is 0 Å². The van der Waals surface area contributed by atoms with Crippen LogP contribution in [-0.2, 0) is 6.42 Å². The first-order chi connectivity index (χ1) is 19.9. The molecule has 0 fully saturated rings. The Bertz CT molecular complexity index is 1720. The van der Waals surface area contributed by atoms with Gasteiger partial charge in [0.25, 0.3) is 0 Å². The summed E-state index contributed by atoms with van der Waals surface area (Å²) in [6, 6.07) is 10.8. The third-order valence-corrected chi connectivity index (χ3v) is 7.67. The number of aromatic hydroxyl groups is 8. The first-order valence-electron chi connectivity index (χ1n) is 12.8. The van der Waals surface area contributed by atoms with Crippen LogP contribution in [-0.4, -0.2) is 63.3 Å². The van der Waals surface area contributed by atoms with Gasteiger partial charge in [0.2, 0.25) is 0 Å². The van der Waals surface area contributed by atoms with E-state index in [2.05, 4.69) is 0 Å². The molecule has 12 nitrogen and oxygen atoms in total. The maximum absolute atomic E-state index is 11.8. The van der Waals surface area contributed by atoms with E-state index in [0.717, 1.165) is 12.1 Å². The average molecular weight is 579 g/mol. The van der Waals surface area contributed by atoms with Crippen molar-refractivity contribution in [1.82, 2.24) is 0 Å². The molecule has 218 valence electrons. The van der Waals surface area contributed by atoms with Crippen LogP contribution < -0.4 is 9.47 Å². The van der Waals surface area contributed by atoms with Crippen LogP contribution in [0.1, 0.15) is 45.9 Å². The number of ether oxygens (including phenoxy) is 2. The van der Waals surface area contributed by atoms with Gasteiger partial charge in [-0.25, -0.2) is 0 Å². The molecule has 0 bridgehead atoms. The van der Waals surface area contributed by atoms with Gasteiger partial charge in [0.1, 0.15) is 46.7 Å². The number of phenolic OH excluding ortho intramolecular Hbond substituents is 8. The summed E-state index contributed by atoms with van der Waals surface area (Å²) in [5, 5.41) is 105. The van der Waals surface area contributed by atoms with Gasteiger partial charge >= 0.3 is 0 Å². The molecular weight excluding hydrogens is 552 g/mol. The van der Waals surface area contributed by atoms with Crippen LogP contribution in [0.2, 0.25) is 0 Å². The summed E-state index contributed by atoms with van der Waals surface area (Å²) in [5.41, 5.74) is 0.435. The van der Waals surface area contributed by atoms with Crippen molar-refractivity contribution < 1.29 is 60.5 Å². The van der Waals surface area contributed by atoms with Crippen molar-refractivity contribution in [3.05, 3.63) is 82.4 Å². The van der Waals surface area contributed by atoms with Crippen LogP contribution in [0.5, 0.6) is 57.5 Å². The number of rotatable bonds is 3. The average Bonchev–Trinajstić information content (AvgIpc) is 2.93. The van der Waals surface area contributed by atoms with Crippen molar-refractivity contribution in [3.8, 4) is 57.5 Å². The van der Waals surface area contributed by atoms with Crippen LogP contribution in [0.4, 0.5) is 0 Å². The summed E-state index contributed by atoms with van der Waals surface area (Å²) in [7, 11) is 0. The summed E-state index contributed by atoms with van der Waals surface area (Å²) in [6.07, 6.45) is -5.43. The van der Waals surface area contributed by atoms with Crippen molar-refractivity contribution in [3.63, 3.8) is 0 Å². The minimum atomic E-state index is -1.59. The highest BCUT2D eigenvalue weighted by atomic mass is 16.5. The highest BCUT2D eigenvalue weighted by Gasteiger charge is 2.46. The lowest BCUT2D eigenvalue weighted by Gasteiger charge is -2.40. The van der Waals surface area contributed by atoms with Crippen LogP contribution in [0.25, 0.3) is 0 Å². The molecule has 1 unspecified atom stereocenters. The third-order valence-electron chi connectivity index (χ3n) is 7.67. The summed E-state index contributed by atoms with van der Waals surface area (Å²) >= 11 is 0. The fourth-order valence-corrected chi connectivity index (χ4v) is 5.71. The van der Waals surface area contributed by atoms with Crippen LogP contribution in [0.3, 0.4) is 0 Å². The molecule has 10 N–H and O–H groups in total. The van der Waals surface area contributed by atoms with Gasteiger partial charge in [-0.3, -0.25) is 0 Å². The number of hydrogen-bond acceptors (Lipinski definition) is 12. The number of benzene rings is 4. The molecule has 2 aliphatic heterocycles. The Morgan fingerprint density at radius 2 is 1.14 bits per heavy atom. The molecule has 0 aromatic heterocycles. The lowest BCUT2D eigenvalue weighted by atomic mass is 9.77. The fourth-order valence-electron chi connectivity index (χ4n) is 5.71. The molecule has 0 radical (unpaired) electrons. The van der Waals surface area contributed by atoms with Gasteiger partial charge in [-0.2, -0.15) is 0 Å². The van der Waals surface area contributed by atoms with E-state index in [1.165, 1.54) is 42.5 Å². The van der Waals surface area contributed by atoms with Crippen molar-refractivity contribution in [2.75, 3.05) is 0 Å². The Morgan fingerprint density at radius 1 is 0.548 bits per heavy atom. The zero-order valence-corrected chi connectivity index (χ0v) is 21.6. The molecular formula is C30H26O12. The normalized spacial score (nSPS) is 22.9. The Labute approximate surface area is 237 Å². The first-order valence-corrected chi connectivity index (χ1v) is 12.8. The maximum Gasteiger partial charge on any atom is 0.157 e. The van der Waals surface area contributed by atoms with Crippen molar-refractivity contribution in [1.29, 1.82) is 0 Å². The monoisotopic (exact) mass is 578 g/mol. The van der Waals surface area contributed by atoms with E-state index in [9.17, 15) is 51.1 Å². The number of aliphatic hydroxyl groups is 2. The first kappa shape index (κ1) is 27.0. The van der Waals surface area contributed by atoms with E-state index in [1.807, 2.05) is 0 Å². The van der Waals surface area contributed by atoms with Gasteiger partial charge in [-0.05, 0) is 35.4 Å². The molecule has 2 heterocycles.